The summed E-state index contributed by atoms with van der Waals surface area (Å²) in [6.07, 6.45) is 6.51. The third-order valence-corrected chi connectivity index (χ3v) is 5.66. The molecule has 0 saturated carbocycles. The molecule has 2 aliphatic rings. The minimum absolute atomic E-state index is 0.142. The van der Waals surface area contributed by atoms with Crippen LogP contribution in [0.1, 0.15) is 28.3 Å². The summed E-state index contributed by atoms with van der Waals surface area (Å²) in [4.78, 5) is 22.6. The minimum atomic E-state index is 0.142. The van der Waals surface area contributed by atoms with E-state index in [0.29, 0.717) is 12.5 Å². The van der Waals surface area contributed by atoms with Gasteiger partial charge in [-0.25, -0.2) is 4.98 Å². The Bertz CT molecular complexity index is 660. The first-order valence-electron chi connectivity index (χ1n) is 8.35. The average Bonchev–Trinajstić information content (AvgIpc) is 3.28. The first-order chi connectivity index (χ1) is 11.3. The summed E-state index contributed by atoms with van der Waals surface area (Å²) in [6.45, 7) is 5.86. The topological polar surface area (TPSA) is 41.4 Å². The van der Waals surface area contributed by atoms with Crippen LogP contribution in [0.3, 0.4) is 0 Å². The van der Waals surface area contributed by atoms with Gasteiger partial charge in [0, 0.05) is 37.9 Å². The fraction of sp³-hybridized carbons (Fsp3) is 0.529. The quantitative estimate of drug-likeness (QED) is 0.867. The standard InChI is InChI=1S/C17H22N4OS/c22-17(15-4-3-9-23-15)21-12-14(10-19-6-1-2-7-19)11-20-8-5-18-16(20)13-21/h3-5,8-9,14H,1-2,6-7,10-13H2. The van der Waals surface area contributed by atoms with Crippen LogP contribution >= 0.6 is 11.3 Å². The lowest BCUT2D eigenvalue weighted by atomic mass is 10.1. The second kappa shape index (κ2) is 6.45. The van der Waals surface area contributed by atoms with E-state index in [1.54, 1.807) is 0 Å². The first-order valence-corrected chi connectivity index (χ1v) is 9.23. The maximum Gasteiger partial charge on any atom is 0.264 e. The molecule has 1 atom stereocenters. The average molecular weight is 330 g/mol. The zero-order valence-corrected chi connectivity index (χ0v) is 14.0. The van der Waals surface area contributed by atoms with Crippen molar-refractivity contribution >= 4 is 17.2 Å². The van der Waals surface area contributed by atoms with E-state index in [1.165, 1.54) is 37.3 Å². The highest BCUT2D eigenvalue weighted by Crippen LogP contribution is 2.21. The van der Waals surface area contributed by atoms with Crippen molar-refractivity contribution in [2.24, 2.45) is 5.92 Å². The molecule has 1 saturated heterocycles. The molecule has 1 unspecified atom stereocenters. The van der Waals surface area contributed by atoms with Gasteiger partial charge in [0.15, 0.2) is 0 Å². The first kappa shape index (κ1) is 14.9. The van der Waals surface area contributed by atoms with Crippen molar-refractivity contribution in [3.63, 3.8) is 0 Å². The molecule has 5 nitrogen and oxygen atoms in total. The highest BCUT2D eigenvalue weighted by molar-refractivity contribution is 7.12. The Morgan fingerprint density at radius 3 is 2.96 bits per heavy atom. The van der Waals surface area contributed by atoms with E-state index in [-0.39, 0.29) is 5.91 Å². The lowest BCUT2D eigenvalue weighted by molar-refractivity contribution is 0.0712. The zero-order chi connectivity index (χ0) is 15.6. The maximum absolute atomic E-state index is 12.8. The maximum atomic E-state index is 12.8. The highest BCUT2D eigenvalue weighted by atomic mass is 32.1. The zero-order valence-electron chi connectivity index (χ0n) is 13.2. The van der Waals surface area contributed by atoms with Crippen LogP contribution in [-0.2, 0) is 13.1 Å². The summed E-state index contributed by atoms with van der Waals surface area (Å²) in [5.74, 6) is 1.61. The van der Waals surface area contributed by atoms with E-state index in [0.717, 1.165) is 30.3 Å². The number of hydrogen-bond donors (Lipinski definition) is 0. The predicted molar refractivity (Wildman–Crippen MR) is 90.5 cm³/mol. The van der Waals surface area contributed by atoms with Gasteiger partial charge < -0.3 is 14.4 Å². The molecule has 0 spiro atoms. The van der Waals surface area contributed by atoms with E-state index in [9.17, 15) is 4.79 Å². The van der Waals surface area contributed by atoms with Crippen molar-refractivity contribution in [1.29, 1.82) is 0 Å². The van der Waals surface area contributed by atoms with Crippen molar-refractivity contribution in [2.45, 2.75) is 25.9 Å². The largest absolute Gasteiger partial charge is 0.333 e. The molecule has 0 N–H and O–H groups in total. The number of likely N-dealkylation sites (tertiary alicyclic amines) is 1. The molecular weight excluding hydrogens is 308 g/mol. The van der Waals surface area contributed by atoms with Gasteiger partial charge in [0.05, 0.1) is 11.4 Å². The molecule has 0 aromatic carbocycles. The lowest BCUT2D eigenvalue weighted by Crippen LogP contribution is -2.38. The summed E-state index contributed by atoms with van der Waals surface area (Å²) in [5, 5.41) is 1.97. The summed E-state index contributed by atoms with van der Waals surface area (Å²) >= 11 is 1.52. The SMILES string of the molecule is O=C(c1cccs1)N1Cc2nccn2CC(CN2CCCC2)C1. The second-order valence-corrected chi connectivity index (χ2v) is 7.48. The predicted octanol–water partition coefficient (Wildman–Crippen LogP) is 2.31. The summed E-state index contributed by atoms with van der Waals surface area (Å²) < 4.78 is 2.22. The number of hydrogen-bond acceptors (Lipinski definition) is 4. The van der Waals surface area contributed by atoms with Gasteiger partial charge in [0.2, 0.25) is 0 Å². The molecule has 0 bridgehead atoms. The number of amides is 1. The van der Waals surface area contributed by atoms with Crippen LogP contribution in [0.5, 0.6) is 0 Å². The van der Waals surface area contributed by atoms with Gasteiger partial charge in [-0.1, -0.05) is 6.07 Å². The van der Waals surface area contributed by atoms with Crippen LogP contribution in [0.25, 0.3) is 0 Å². The Balaban J connectivity index is 1.55. The van der Waals surface area contributed by atoms with Crippen LogP contribution < -0.4 is 0 Å². The van der Waals surface area contributed by atoms with Crippen molar-refractivity contribution in [1.82, 2.24) is 19.4 Å². The van der Waals surface area contributed by atoms with Crippen LogP contribution in [0.4, 0.5) is 0 Å². The van der Waals surface area contributed by atoms with Crippen molar-refractivity contribution in [3.8, 4) is 0 Å². The van der Waals surface area contributed by atoms with Crippen LogP contribution in [0.2, 0.25) is 0 Å². The molecular formula is C17H22N4OS. The summed E-state index contributed by atoms with van der Waals surface area (Å²) in [5.41, 5.74) is 0. The van der Waals surface area contributed by atoms with Gasteiger partial charge in [-0.05, 0) is 37.4 Å². The van der Waals surface area contributed by atoms with Gasteiger partial charge in [0.1, 0.15) is 5.82 Å². The molecule has 1 amide bonds. The number of thiophene rings is 1. The molecule has 0 radical (unpaired) electrons. The van der Waals surface area contributed by atoms with E-state index in [4.69, 9.17) is 0 Å². The van der Waals surface area contributed by atoms with E-state index >= 15 is 0 Å². The van der Waals surface area contributed by atoms with Crippen LogP contribution in [0.15, 0.2) is 29.9 Å². The third-order valence-electron chi connectivity index (χ3n) is 4.80. The fourth-order valence-corrected chi connectivity index (χ4v) is 4.39. The smallest absolute Gasteiger partial charge is 0.264 e. The molecule has 2 aromatic rings. The monoisotopic (exact) mass is 330 g/mol. The number of rotatable bonds is 3. The fourth-order valence-electron chi connectivity index (χ4n) is 3.70. The molecule has 2 aromatic heterocycles. The lowest BCUT2D eigenvalue weighted by Gasteiger charge is -2.27. The number of carbonyl (C=O) groups excluding carboxylic acids is 1. The summed E-state index contributed by atoms with van der Waals surface area (Å²) in [7, 11) is 0. The Morgan fingerprint density at radius 2 is 2.17 bits per heavy atom. The molecule has 23 heavy (non-hydrogen) atoms. The Labute approximate surface area is 140 Å². The van der Waals surface area contributed by atoms with Crippen LogP contribution in [-0.4, -0.2) is 51.4 Å². The highest BCUT2D eigenvalue weighted by Gasteiger charge is 2.28. The molecule has 2 aliphatic heterocycles. The molecule has 0 aliphatic carbocycles. The van der Waals surface area contributed by atoms with Gasteiger partial charge in [-0.3, -0.25) is 4.79 Å². The van der Waals surface area contributed by atoms with Gasteiger partial charge in [-0.15, -0.1) is 11.3 Å². The Morgan fingerprint density at radius 1 is 1.30 bits per heavy atom. The van der Waals surface area contributed by atoms with Crippen molar-refractivity contribution in [2.75, 3.05) is 26.2 Å². The molecule has 6 heteroatoms. The van der Waals surface area contributed by atoms with E-state index < -0.39 is 0 Å². The molecule has 1 fully saturated rings. The minimum Gasteiger partial charge on any atom is -0.333 e. The molecule has 122 valence electrons. The van der Waals surface area contributed by atoms with Crippen molar-refractivity contribution < 1.29 is 4.79 Å². The van der Waals surface area contributed by atoms with Gasteiger partial charge in [-0.2, -0.15) is 0 Å². The Kier molecular flexibility index (Phi) is 4.18. The summed E-state index contributed by atoms with van der Waals surface area (Å²) in [6, 6.07) is 3.86. The number of fused-ring (bicyclic) bond motifs is 1. The molecule has 4 heterocycles. The number of nitrogens with zero attached hydrogens (tertiary/aromatic N) is 4. The van der Waals surface area contributed by atoms with E-state index in [2.05, 4.69) is 14.5 Å². The number of imidazole rings is 1. The third kappa shape index (κ3) is 3.19. The Hall–Kier alpha value is -1.66. The van der Waals surface area contributed by atoms with Gasteiger partial charge >= 0.3 is 0 Å². The van der Waals surface area contributed by atoms with Crippen LogP contribution in [0, 0.1) is 5.92 Å². The van der Waals surface area contributed by atoms with E-state index in [1.807, 2.05) is 34.8 Å². The van der Waals surface area contributed by atoms with Gasteiger partial charge in [0.25, 0.3) is 5.91 Å². The second-order valence-electron chi connectivity index (χ2n) is 6.53. The van der Waals surface area contributed by atoms with Crippen molar-refractivity contribution in [3.05, 3.63) is 40.6 Å². The number of carbonyl (C=O) groups is 1. The molecule has 4 rings (SSSR count). The number of aromatic nitrogens is 2. The normalized spacial score (nSPS) is 22.1.